The second-order valence-corrected chi connectivity index (χ2v) is 12.9. The molecule has 2 aliphatic carbocycles. The molecule has 2 bridgehead atoms. The zero-order valence-corrected chi connectivity index (χ0v) is 21.5. The van der Waals surface area contributed by atoms with Crippen molar-refractivity contribution >= 4 is 22.0 Å². The van der Waals surface area contributed by atoms with Gasteiger partial charge < -0.3 is 14.2 Å². The van der Waals surface area contributed by atoms with Crippen LogP contribution in [-0.2, 0) is 33.8 Å². The first kappa shape index (κ1) is 25.4. The molecule has 0 aromatic heterocycles. The van der Waals surface area contributed by atoms with Gasteiger partial charge >= 0.3 is 11.9 Å². The lowest BCUT2D eigenvalue weighted by atomic mass is 9.68. The van der Waals surface area contributed by atoms with E-state index in [2.05, 4.69) is 13.8 Å². The van der Waals surface area contributed by atoms with Crippen LogP contribution in [0.15, 0.2) is 0 Å². The lowest BCUT2D eigenvalue weighted by molar-refractivity contribution is -0.244. The van der Waals surface area contributed by atoms with Crippen LogP contribution in [0.5, 0.6) is 0 Å². The van der Waals surface area contributed by atoms with Crippen molar-refractivity contribution in [1.29, 1.82) is 0 Å². The molecule has 3 fully saturated rings. The molecule has 1 spiro atoms. The van der Waals surface area contributed by atoms with Crippen LogP contribution < -0.4 is 0 Å². The third-order valence-electron chi connectivity index (χ3n) is 8.23. The highest BCUT2D eigenvalue weighted by molar-refractivity contribution is 7.89. The SMILES string of the molecule is COC(=O)C[C@@H](C)[C@H]1O[C@@]2(C[C@H]3CC[C@]2(CS(=O)(=O)N(C(C)C)C(C)C)C3(C)C)OC1=O. The van der Waals surface area contributed by atoms with Crippen LogP contribution in [0.1, 0.15) is 74.1 Å². The average molecular weight is 474 g/mol. The molecule has 0 radical (unpaired) electrons. The third-order valence-corrected chi connectivity index (χ3v) is 10.6. The molecule has 0 N–H and O–H groups in total. The Morgan fingerprint density at radius 1 is 1.19 bits per heavy atom. The van der Waals surface area contributed by atoms with Gasteiger partial charge in [0.2, 0.25) is 15.8 Å². The minimum Gasteiger partial charge on any atom is -0.469 e. The van der Waals surface area contributed by atoms with Crippen LogP contribution >= 0.6 is 0 Å². The maximum absolute atomic E-state index is 13.7. The monoisotopic (exact) mass is 473 g/mol. The van der Waals surface area contributed by atoms with E-state index in [4.69, 9.17) is 14.2 Å². The molecule has 1 saturated heterocycles. The minimum atomic E-state index is -3.67. The second-order valence-electron chi connectivity index (χ2n) is 11.0. The molecule has 1 aliphatic heterocycles. The number of hydrogen-bond acceptors (Lipinski definition) is 7. The van der Waals surface area contributed by atoms with Gasteiger partial charge in [-0.1, -0.05) is 20.8 Å². The van der Waals surface area contributed by atoms with Crippen molar-refractivity contribution in [2.24, 2.45) is 22.7 Å². The van der Waals surface area contributed by atoms with Crippen LogP contribution in [0.4, 0.5) is 0 Å². The van der Waals surface area contributed by atoms with Gasteiger partial charge in [0.05, 0.1) is 24.7 Å². The Morgan fingerprint density at radius 2 is 1.78 bits per heavy atom. The van der Waals surface area contributed by atoms with Crippen molar-refractivity contribution in [3.63, 3.8) is 0 Å². The summed E-state index contributed by atoms with van der Waals surface area (Å²) in [5.41, 5.74) is -1.25. The third kappa shape index (κ3) is 3.68. The Hall–Kier alpha value is -1.19. The lowest BCUT2D eigenvalue weighted by Gasteiger charge is -2.47. The number of rotatable bonds is 8. The molecule has 3 aliphatic rings. The van der Waals surface area contributed by atoms with E-state index >= 15 is 0 Å². The van der Waals surface area contributed by atoms with E-state index in [0.717, 1.165) is 6.42 Å². The fourth-order valence-corrected chi connectivity index (χ4v) is 9.44. The van der Waals surface area contributed by atoms with Crippen molar-refractivity contribution in [3.05, 3.63) is 0 Å². The lowest BCUT2D eigenvalue weighted by Crippen LogP contribution is -2.57. The van der Waals surface area contributed by atoms with E-state index in [-0.39, 0.29) is 35.6 Å². The number of esters is 2. The molecule has 8 nitrogen and oxygen atoms in total. The number of carbonyl (C=O) groups excluding carboxylic acids is 2. The van der Waals surface area contributed by atoms with Gasteiger partial charge in [0.25, 0.3) is 0 Å². The summed E-state index contributed by atoms with van der Waals surface area (Å²) in [6, 6.07) is -0.372. The Labute approximate surface area is 192 Å². The maximum Gasteiger partial charge on any atom is 0.338 e. The predicted octanol–water partition coefficient (Wildman–Crippen LogP) is 3.10. The Morgan fingerprint density at radius 3 is 2.28 bits per heavy atom. The molecule has 32 heavy (non-hydrogen) atoms. The van der Waals surface area contributed by atoms with Crippen molar-refractivity contribution in [2.75, 3.05) is 12.9 Å². The fraction of sp³-hybridized carbons (Fsp3) is 0.913. The van der Waals surface area contributed by atoms with Crippen molar-refractivity contribution in [3.8, 4) is 0 Å². The van der Waals surface area contributed by atoms with Crippen molar-refractivity contribution < 1.29 is 32.2 Å². The molecular weight excluding hydrogens is 434 g/mol. The summed E-state index contributed by atoms with van der Waals surface area (Å²) in [5.74, 6) is -2.63. The van der Waals surface area contributed by atoms with Gasteiger partial charge in [-0.2, -0.15) is 4.31 Å². The number of sulfonamides is 1. The van der Waals surface area contributed by atoms with Gasteiger partial charge in [-0.15, -0.1) is 0 Å². The standard InChI is InChI=1S/C23H39NO7S/c1-14(2)24(15(3)4)32(27,28)13-22-10-9-17(21(22,6)7)12-23(22)30-19(20(26)31-23)16(5)11-18(25)29-8/h14-17,19H,9-13H2,1-8H3/t16-,17-,19-,22+,23+/m1/s1. The fourth-order valence-electron chi connectivity index (χ4n) is 6.65. The van der Waals surface area contributed by atoms with Crippen LogP contribution in [0.25, 0.3) is 0 Å². The van der Waals surface area contributed by atoms with E-state index < -0.39 is 45.2 Å². The predicted molar refractivity (Wildman–Crippen MR) is 119 cm³/mol. The smallest absolute Gasteiger partial charge is 0.338 e. The first-order valence-electron chi connectivity index (χ1n) is 11.6. The molecule has 184 valence electrons. The molecule has 1 heterocycles. The van der Waals surface area contributed by atoms with Gasteiger partial charge in [0, 0.05) is 24.4 Å². The molecule has 0 aromatic rings. The first-order valence-corrected chi connectivity index (χ1v) is 13.2. The van der Waals surface area contributed by atoms with Crippen molar-refractivity contribution in [2.45, 2.75) is 98.1 Å². The first-order chi connectivity index (χ1) is 14.6. The van der Waals surface area contributed by atoms with E-state index in [1.54, 1.807) is 11.2 Å². The number of methoxy groups -OCH3 is 1. The summed E-state index contributed by atoms with van der Waals surface area (Å²) in [6.07, 6.45) is 1.07. The molecule has 3 rings (SSSR count). The van der Waals surface area contributed by atoms with Crippen LogP contribution in [-0.4, -0.2) is 61.5 Å². The van der Waals surface area contributed by atoms with E-state index in [1.807, 2.05) is 27.7 Å². The van der Waals surface area contributed by atoms with Gasteiger partial charge in [-0.3, -0.25) is 4.79 Å². The van der Waals surface area contributed by atoms with Gasteiger partial charge in [-0.05, 0) is 51.9 Å². The summed E-state index contributed by atoms with van der Waals surface area (Å²) in [6.45, 7) is 13.4. The zero-order valence-electron chi connectivity index (χ0n) is 20.6. The summed E-state index contributed by atoms with van der Waals surface area (Å²) < 4.78 is 46.1. The molecular formula is C23H39NO7S. The average Bonchev–Trinajstić information content (AvgIpc) is 3.15. The van der Waals surface area contributed by atoms with Crippen LogP contribution in [0.2, 0.25) is 0 Å². The van der Waals surface area contributed by atoms with E-state index in [1.165, 1.54) is 7.11 Å². The normalized spacial score (nSPS) is 34.7. The second kappa shape index (κ2) is 8.24. The van der Waals surface area contributed by atoms with Crippen molar-refractivity contribution in [1.82, 2.24) is 4.31 Å². The number of fused-ring (bicyclic) bond motifs is 3. The van der Waals surface area contributed by atoms with Crippen LogP contribution in [0, 0.1) is 22.7 Å². The molecule has 5 atom stereocenters. The zero-order chi connectivity index (χ0) is 24.3. The van der Waals surface area contributed by atoms with E-state index in [0.29, 0.717) is 12.8 Å². The molecule has 0 unspecified atom stereocenters. The maximum atomic E-state index is 13.7. The molecule has 0 amide bonds. The summed E-state index contributed by atoms with van der Waals surface area (Å²) in [7, 11) is -2.37. The van der Waals surface area contributed by atoms with Gasteiger partial charge in [0.1, 0.15) is 0 Å². The number of nitrogens with zero attached hydrogens (tertiary/aromatic N) is 1. The number of hydrogen-bond donors (Lipinski definition) is 0. The number of ether oxygens (including phenoxy) is 3. The molecule has 2 saturated carbocycles. The Kier molecular flexibility index (Phi) is 6.55. The minimum absolute atomic E-state index is 0.0267. The molecule has 9 heteroatoms. The highest BCUT2D eigenvalue weighted by Gasteiger charge is 2.78. The largest absolute Gasteiger partial charge is 0.469 e. The quantitative estimate of drug-likeness (QED) is 0.500. The summed E-state index contributed by atoms with van der Waals surface area (Å²) >= 11 is 0. The van der Waals surface area contributed by atoms with Gasteiger partial charge in [-0.25, -0.2) is 13.2 Å². The molecule has 0 aromatic carbocycles. The number of carbonyl (C=O) groups is 2. The highest BCUT2D eigenvalue weighted by Crippen LogP contribution is 2.73. The Bertz CT molecular complexity index is 860. The van der Waals surface area contributed by atoms with Gasteiger partial charge in [0.15, 0.2) is 6.10 Å². The summed E-state index contributed by atoms with van der Waals surface area (Å²) in [5, 5.41) is 0. The highest BCUT2D eigenvalue weighted by atomic mass is 32.2. The van der Waals surface area contributed by atoms with E-state index in [9.17, 15) is 18.0 Å². The topological polar surface area (TPSA) is 99.2 Å². The summed E-state index contributed by atoms with van der Waals surface area (Å²) in [4.78, 5) is 24.7. The van der Waals surface area contributed by atoms with Crippen LogP contribution in [0.3, 0.4) is 0 Å². The Balaban J connectivity index is 1.99.